The van der Waals surface area contributed by atoms with Crippen molar-refractivity contribution in [3.63, 3.8) is 0 Å². The molecule has 0 spiro atoms. The molecule has 0 aliphatic heterocycles. The van der Waals surface area contributed by atoms with Crippen LogP contribution in [0.1, 0.15) is 37.6 Å². The third-order valence-electron chi connectivity index (χ3n) is 2.97. The number of esters is 1. The summed E-state index contributed by atoms with van der Waals surface area (Å²) >= 11 is 0. The number of rotatable bonds is 6. The summed E-state index contributed by atoms with van der Waals surface area (Å²) in [4.78, 5) is 11.8. The second kappa shape index (κ2) is 8.77. The second-order valence-corrected chi connectivity index (χ2v) is 4.69. The predicted molar refractivity (Wildman–Crippen MR) is 72.3 cm³/mol. The standard InChI is InChI=1S/C14H22N2O2.ClH/c1-4-10(2)16-9-11(3)18-14(17)12-5-7-13(15)8-6-12;/h5-8,10-11,16H,4,9,15H2,1-3H3;1H. The van der Waals surface area contributed by atoms with Gasteiger partial charge in [0.25, 0.3) is 0 Å². The van der Waals surface area contributed by atoms with E-state index in [-0.39, 0.29) is 24.5 Å². The number of nitrogens with two attached hydrogens (primary N) is 2. The fraction of sp³-hybridized carbons (Fsp3) is 0.500. The quantitative estimate of drug-likeness (QED) is 0.478. The molecule has 19 heavy (non-hydrogen) atoms. The largest absolute Gasteiger partial charge is 1.00 e. The van der Waals surface area contributed by atoms with Crippen LogP contribution in [0.25, 0.3) is 0 Å². The molecule has 2 atom stereocenters. The molecule has 0 bridgehead atoms. The number of benzene rings is 1. The van der Waals surface area contributed by atoms with E-state index in [0.717, 1.165) is 13.0 Å². The molecular formula is C14H23ClN2O2. The van der Waals surface area contributed by atoms with Crippen LogP contribution < -0.4 is 23.5 Å². The molecule has 1 aromatic rings. The Morgan fingerprint density at radius 1 is 1.32 bits per heavy atom. The molecule has 1 rings (SSSR count). The highest BCUT2D eigenvalue weighted by Gasteiger charge is 2.14. The van der Waals surface area contributed by atoms with Crippen LogP contribution in [0.3, 0.4) is 0 Å². The van der Waals surface area contributed by atoms with Gasteiger partial charge in [-0.15, -0.1) is 0 Å². The van der Waals surface area contributed by atoms with E-state index in [0.29, 0.717) is 17.3 Å². The fourth-order valence-electron chi connectivity index (χ4n) is 1.51. The van der Waals surface area contributed by atoms with Crippen LogP contribution in [0, 0.1) is 0 Å². The highest BCUT2D eigenvalue weighted by atomic mass is 35.5. The summed E-state index contributed by atoms with van der Waals surface area (Å²) in [7, 11) is 0. The number of anilines is 1. The van der Waals surface area contributed by atoms with E-state index in [1.165, 1.54) is 0 Å². The van der Waals surface area contributed by atoms with Gasteiger partial charge in [-0.2, -0.15) is 0 Å². The fourth-order valence-corrected chi connectivity index (χ4v) is 1.51. The average Bonchev–Trinajstić information content (AvgIpc) is 2.36. The van der Waals surface area contributed by atoms with E-state index in [1.807, 2.05) is 6.92 Å². The van der Waals surface area contributed by atoms with Gasteiger partial charge in [0, 0.05) is 5.69 Å². The van der Waals surface area contributed by atoms with Crippen molar-refractivity contribution in [2.75, 3.05) is 12.3 Å². The van der Waals surface area contributed by atoms with Crippen molar-refractivity contribution < 1.29 is 27.3 Å². The lowest BCUT2D eigenvalue weighted by molar-refractivity contribution is -0.691. The number of carbonyl (C=O) groups excluding carboxylic acids is 1. The third kappa shape index (κ3) is 6.45. The van der Waals surface area contributed by atoms with Crippen molar-refractivity contribution in [3.05, 3.63) is 29.8 Å². The number of halogens is 1. The zero-order valence-electron chi connectivity index (χ0n) is 11.7. The molecule has 0 radical (unpaired) electrons. The zero-order valence-corrected chi connectivity index (χ0v) is 12.5. The predicted octanol–water partition coefficient (Wildman–Crippen LogP) is -1.82. The van der Waals surface area contributed by atoms with E-state index in [2.05, 4.69) is 19.2 Å². The normalized spacial score (nSPS) is 13.2. The minimum Gasteiger partial charge on any atom is -1.00 e. The van der Waals surface area contributed by atoms with E-state index in [1.54, 1.807) is 24.3 Å². The molecule has 0 fully saturated rings. The van der Waals surface area contributed by atoms with Crippen LogP contribution in [0.15, 0.2) is 24.3 Å². The Morgan fingerprint density at radius 2 is 1.89 bits per heavy atom. The molecule has 108 valence electrons. The summed E-state index contributed by atoms with van der Waals surface area (Å²) in [5.74, 6) is -0.292. The van der Waals surface area contributed by atoms with E-state index in [4.69, 9.17) is 10.5 Å². The van der Waals surface area contributed by atoms with Gasteiger partial charge in [-0.3, -0.25) is 0 Å². The summed E-state index contributed by atoms with van der Waals surface area (Å²) in [6.07, 6.45) is 1.02. The van der Waals surface area contributed by atoms with Gasteiger partial charge in [0.2, 0.25) is 0 Å². The Balaban J connectivity index is 0.00000324. The molecule has 1 aromatic carbocycles. The summed E-state index contributed by atoms with van der Waals surface area (Å²) in [5, 5.41) is 2.20. The molecular weight excluding hydrogens is 264 g/mol. The molecule has 0 heterocycles. The molecule has 4 N–H and O–H groups in total. The Kier molecular flexibility index (Phi) is 8.19. The number of carbonyl (C=O) groups is 1. The lowest BCUT2D eigenvalue weighted by Crippen LogP contribution is -3.00. The van der Waals surface area contributed by atoms with E-state index < -0.39 is 0 Å². The minimum atomic E-state index is -0.292. The lowest BCUT2D eigenvalue weighted by atomic mass is 10.2. The highest BCUT2D eigenvalue weighted by molar-refractivity contribution is 5.89. The topological polar surface area (TPSA) is 68.9 Å². The number of hydrogen-bond acceptors (Lipinski definition) is 3. The molecule has 5 heteroatoms. The summed E-state index contributed by atoms with van der Waals surface area (Å²) < 4.78 is 5.36. The molecule has 4 nitrogen and oxygen atoms in total. The summed E-state index contributed by atoms with van der Waals surface area (Å²) in [5.41, 5.74) is 6.75. The minimum absolute atomic E-state index is 0. The van der Waals surface area contributed by atoms with E-state index >= 15 is 0 Å². The highest BCUT2D eigenvalue weighted by Crippen LogP contribution is 2.07. The maximum atomic E-state index is 11.8. The number of ether oxygens (including phenoxy) is 1. The van der Waals surface area contributed by atoms with Crippen molar-refractivity contribution in [3.8, 4) is 0 Å². The molecule has 0 aliphatic carbocycles. The van der Waals surface area contributed by atoms with Crippen LogP contribution in [0.4, 0.5) is 5.69 Å². The van der Waals surface area contributed by atoms with Crippen LogP contribution in [-0.4, -0.2) is 24.7 Å². The first-order chi connectivity index (χ1) is 8.52. The molecule has 0 aliphatic rings. The number of nitrogen functional groups attached to an aromatic ring is 1. The summed E-state index contributed by atoms with van der Waals surface area (Å²) in [6, 6.07) is 7.33. The van der Waals surface area contributed by atoms with Crippen molar-refractivity contribution in [1.82, 2.24) is 0 Å². The zero-order chi connectivity index (χ0) is 13.5. The van der Waals surface area contributed by atoms with Gasteiger partial charge in [0.1, 0.15) is 12.6 Å². The monoisotopic (exact) mass is 286 g/mol. The van der Waals surface area contributed by atoms with Crippen molar-refractivity contribution in [2.24, 2.45) is 0 Å². The smallest absolute Gasteiger partial charge is 0.338 e. The Hall–Kier alpha value is -1.26. The summed E-state index contributed by atoms with van der Waals surface area (Å²) in [6.45, 7) is 7.00. The molecule has 0 saturated heterocycles. The van der Waals surface area contributed by atoms with Crippen LogP contribution >= 0.6 is 0 Å². The third-order valence-corrected chi connectivity index (χ3v) is 2.97. The molecule has 2 unspecified atom stereocenters. The number of hydrogen-bond donors (Lipinski definition) is 2. The van der Waals surface area contributed by atoms with Gasteiger partial charge in [0.05, 0.1) is 11.6 Å². The Morgan fingerprint density at radius 3 is 2.42 bits per heavy atom. The second-order valence-electron chi connectivity index (χ2n) is 4.69. The first-order valence-electron chi connectivity index (χ1n) is 6.42. The lowest BCUT2D eigenvalue weighted by Gasteiger charge is -2.14. The molecule has 0 aromatic heterocycles. The van der Waals surface area contributed by atoms with Gasteiger partial charge in [-0.1, -0.05) is 6.92 Å². The Labute approximate surface area is 121 Å². The Bertz CT molecular complexity index is 382. The first kappa shape index (κ1) is 17.7. The first-order valence-corrected chi connectivity index (χ1v) is 6.42. The number of quaternary nitrogens is 1. The molecule has 0 saturated carbocycles. The average molecular weight is 287 g/mol. The van der Waals surface area contributed by atoms with Gasteiger partial charge >= 0.3 is 5.97 Å². The van der Waals surface area contributed by atoms with Crippen LogP contribution in [0.2, 0.25) is 0 Å². The van der Waals surface area contributed by atoms with Gasteiger partial charge in [-0.25, -0.2) is 4.79 Å². The maximum Gasteiger partial charge on any atom is 0.338 e. The van der Waals surface area contributed by atoms with Crippen molar-refractivity contribution in [2.45, 2.75) is 39.3 Å². The van der Waals surface area contributed by atoms with Crippen LogP contribution in [0.5, 0.6) is 0 Å². The molecule has 0 amide bonds. The van der Waals surface area contributed by atoms with Crippen molar-refractivity contribution >= 4 is 11.7 Å². The SMILES string of the molecule is CCC(C)[NH2+]CC(C)OC(=O)c1ccc(N)cc1.[Cl-]. The van der Waals surface area contributed by atoms with Crippen LogP contribution in [-0.2, 0) is 4.74 Å². The van der Waals surface area contributed by atoms with E-state index in [9.17, 15) is 4.79 Å². The van der Waals surface area contributed by atoms with Gasteiger partial charge < -0.3 is 28.2 Å². The van der Waals surface area contributed by atoms with Gasteiger partial charge in [0.15, 0.2) is 0 Å². The van der Waals surface area contributed by atoms with Gasteiger partial charge in [-0.05, 0) is 44.5 Å². The maximum absolute atomic E-state index is 11.8. The van der Waals surface area contributed by atoms with Crippen molar-refractivity contribution in [1.29, 1.82) is 0 Å².